The minimum absolute atomic E-state index is 0.134. The van der Waals surface area contributed by atoms with Crippen LogP contribution in [0.4, 0.5) is 0 Å². The van der Waals surface area contributed by atoms with Gasteiger partial charge >= 0.3 is 0 Å². The molecular weight excluding hydrogens is 238 g/mol. The predicted octanol–water partition coefficient (Wildman–Crippen LogP) is 1.21. The lowest BCUT2D eigenvalue weighted by atomic mass is 9.77. The van der Waals surface area contributed by atoms with Gasteiger partial charge < -0.3 is 16.0 Å². The Hall–Kier alpha value is -0.610. The van der Waals surface area contributed by atoms with Crippen molar-refractivity contribution in [2.24, 2.45) is 23.5 Å². The molecule has 1 amide bonds. The van der Waals surface area contributed by atoms with Crippen molar-refractivity contribution in [2.45, 2.75) is 45.1 Å². The Bertz CT molecular complexity index is 300. The molecule has 3 atom stereocenters. The van der Waals surface area contributed by atoms with Crippen LogP contribution in [0.3, 0.4) is 0 Å². The molecule has 3 N–H and O–H groups in total. The number of hydrogen-bond donors (Lipinski definition) is 2. The van der Waals surface area contributed by atoms with Crippen molar-refractivity contribution < 1.29 is 4.79 Å². The summed E-state index contributed by atoms with van der Waals surface area (Å²) in [5.41, 5.74) is 6.08. The van der Waals surface area contributed by atoms with E-state index >= 15 is 0 Å². The molecule has 1 saturated carbocycles. The van der Waals surface area contributed by atoms with Crippen molar-refractivity contribution in [1.82, 2.24) is 10.2 Å². The zero-order chi connectivity index (χ0) is 13.8. The van der Waals surface area contributed by atoms with Gasteiger partial charge in [0.1, 0.15) is 0 Å². The summed E-state index contributed by atoms with van der Waals surface area (Å²) in [5.74, 6) is 1.36. The summed E-state index contributed by atoms with van der Waals surface area (Å²) in [5, 5.41) is 3.17. The highest BCUT2D eigenvalue weighted by Gasteiger charge is 2.32. The third-order valence-corrected chi connectivity index (χ3v) is 5.10. The standard InChI is InChI=1S/C15H29N3O/c1-11-13(4-3-5-14(11)16)15(19)17-10-12-6-8-18(2)9-7-12/h11-14H,3-10,16H2,1-2H3,(H,17,19). The maximum Gasteiger partial charge on any atom is 0.223 e. The molecule has 1 aliphatic carbocycles. The maximum absolute atomic E-state index is 12.3. The first kappa shape index (κ1) is 14.8. The van der Waals surface area contributed by atoms with Crippen molar-refractivity contribution >= 4 is 5.91 Å². The number of nitrogens with zero attached hydrogens (tertiary/aromatic N) is 1. The second-order valence-corrected chi connectivity index (χ2v) is 6.55. The first-order chi connectivity index (χ1) is 9.08. The lowest BCUT2D eigenvalue weighted by molar-refractivity contribution is -0.128. The van der Waals surface area contributed by atoms with Gasteiger partial charge in [-0.05, 0) is 57.7 Å². The van der Waals surface area contributed by atoms with Gasteiger partial charge in [-0.1, -0.05) is 13.3 Å². The van der Waals surface area contributed by atoms with Gasteiger partial charge in [0, 0.05) is 18.5 Å². The number of hydrogen-bond acceptors (Lipinski definition) is 3. The van der Waals surface area contributed by atoms with E-state index in [4.69, 9.17) is 5.73 Å². The number of carbonyl (C=O) groups excluding carboxylic acids is 1. The fourth-order valence-corrected chi connectivity index (χ4v) is 3.41. The van der Waals surface area contributed by atoms with E-state index in [0.29, 0.717) is 11.8 Å². The molecule has 1 aliphatic heterocycles. The first-order valence-corrected chi connectivity index (χ1v) is 7.79. The average molecular weight is 267 g/mol. The zero-order valence-electron chi connectivity index (χ0n) is 12.4. The molecule has 0 aromatic rings. The molecule has 2 rings (SSSR count). The molecule has 4 heteroatoms. The summed E-state index contributed by atoms with van der Waals surface area (Å²) in [6.07, 6.45) is 5.58. The Morgan fingerprint density at radius 2 is 1.95 bits per heavy atom. The topological polar surface area (TPSA) is 58.4 Å². The lowest BCUT2D eigenvalue weighted by Crippen LogP contribution is -2.45. The van der Waals surface area contributed by atoms with Crippen LogP contribution in [0.15, 0.2) is 0 Å². The fourth-order valence-electron chi connectivity index (χ4n) is 3.41. The number of likely N-dealkylation sites (tertiary alicyclic amines) is 1. The molecule has 110 valence electrons. The van der Waals surface area contributed by atoms with E-state index in [2.05, 4.69) is 24.2 Å². The predicted molar refractivity (Wildman–Crippen MR) is 77.7 cm³/mol. The Balaban J connectivity index is 1.74. The van der Waals surface area contributed by atoms with Gasteiger partial charge in [0.05, 0.1) is 0 Å². The summed E-state index contributed by atoms with van der Waals surface area (Å²) in [6, 6.07) is 0.202. The molecule has 1 saturated heterocycles. The Morgan fingerprint density at radius 1 is 1.26 bits per heavy atom. The van der Waals surface area contributed by atoms with Gasteiger partial charge in [0.25, 0.3) is 0 Å². The zero-order valence-corrected chi connectivity index (χ0v) is 12.4. The average Bonchev–Trinajstić information content (AvgIpc) is 2.41. The Kier molecular flexibility index (Phi) is 5.22. The summed E-state index contributed by atoms with van der Waals surface area (Å²) >= 11 is 0. The SMILES string of the molecule is CC1C(N)CCCC1C(=O)NCC1CCN(C)CC1. The van der Waals surface area contributed by atoms with Crippen LogP contribution < -0.4 is 11.1 Å². The molecule has 2 fully saturated rings. The highest BCUT2D eigenvalue weighted by Crippen LogP contribution is 2.29. The van der Waals surface area contributed by atoms with E-state index in [1.807, 2.05) is 0 Å². The van der Waals surface area contributed by atoms with Crippen LogP contribution in [-0.4, -0.2) is 43.5 Å². The Labute approximate surface area is 117 Å². The molecule has 1 heterocycles. The second-order valence-electron chi connectivity index (χ2n) is 6.55. The summed E-state index contributed by atoms with van der Waals surface area (Å²) in [6.45, 7) is 5.30. The van der Waals surface area contributed by atoms with Crippen LogP contribution >= 0.6 is 0 Å². The van der Waals surface area contributed by atoms with E-state index in [9.17, 15) is 4.79 Å². The van der Waals surface area contributed by atoms with Crippen LogP contribution in [0.2, 0.25) is 0 Å². The number of nitrogens with one attached hydrogen (secondary N) is 1. The third-order valence-electron chi connectivity index (χ3n) is 5.10. The minimum Gasteiger partial charge on any atom is -0.356 e. The Morgan fingerprint density at radius 3 is 2.63 bits per heavy atom. The number of nitrogens with two attached hydrogens (primary N) is 1. The smallest absolute Gasteiger partial charge is 0.223 e. The van der Waals surface area contributed by atoms with Gasteiger partial charge in [0.15, 0.2) is 0 Å². The highest BCUT2D eigenvalue weighted by atomic mass is 16.1. The molecule has 0 aromatic heterocycles. The molecule has 4 nitrogen and oxygen atoms in total. The molecular formula is C15H29N3O. The van der Waals surface area contributed by atoms with Crippen molar-refractivity contribution in [3.8, 4) is 0 Å². The van der Waals surface area contributed by atoms with Crippen molar-refractivity contribution in [1.29, 1.82) is 0 Å². The molecule has 0 aromatic carbocycles. The molecule has 0 spiro atoms. The minimum atomic E-state index is 0.134. The number of amides is 1. The molecule has 19 heavy (non-hydrogen) atoms. The van der Waals surface area contributed by atoms with Crippen LogP contribution in [-0.2, 0) is 4.79 Å². The van der Waals surface area contributed by atoms with Crippen molar-refractivity contribution in [3.05, 3.63) is 0 Å². The van der Waals surface area contributed by atoms with E-state index in [-0.39, 0.29) is 17.9 Å². The molecule has 0 bridgehead atoms. The lowest BCUT2D eigenvalue weighted by Gasteiger charge is -2.34. The number of carbonyl (C=O) groups is 1. The molecule has 0 radical (unpaired) electrons. The van der Waals surface area contributed by atoms with Gasteiger partial charge in [-0.3, -0.25) is 4.79 Å². The van der Waals surface area contributed by atoms with E-state index in [1.165, 1.54) is 12.8 Å². The van der Waals surface area contributed by atoms with Gasteiger partial charge in [-0.2, -0.15) is 0 Å². The molecule has 3 unspecified atom stereocenters. The quantitative estimate of drug-likeness (QED) is 0.808. The highest BCUT2D eigenvalue weighted by molar-refractivity contribution is 5.79. The van der Waals surface area contributed by atoms with Crippen molar-refractivity contribution in [2.75, 3.05) is 26.7 Å². The summed E-state index contributed by atoms with van der Waals surface area (Å²) in [4.78, 5) is 14.6. The van der Waals surface area contributed by atoms with E-state index in [0.717, 1.165) is 38.9 Å². The van der Waals surface area contributed by atoms with Gasteiger partial charge in [-0.25, -0.2) is 0 Å². The van der Waals surface area contributed by atoms with Crippen LogP contribution in [0.1, 0.15) is 39.0 Å². The van der Waals surface area contributed by atoms with Crippen LogP contribution in [0.5, 0.6) is 0 Å². The van der Waals surface area contributed by atoms with Crippen molar-refractivity contribution in [3.63, 3.8) is 0 Å². The normalized spacial score (nSPS) is 34.2. The van der Waals surface area contributed by atoms with E-state index in [1.54, 1.807) is 0 Å². The van der Waals surface area contributed by atoms with Gasteiger partial charge in [0.2, 0.25) is 5.91 Å². The summed E-state index contributed by atoms with van der Waals surface area (Å²) in [7, 11) is 2.17. The third kappa shape index (κ3) is 3.93. The first-order valence-electron chi connectivity index (χ1n) is 7.79. The number of piperidine rings is 1. The van der Waals surface area contributed by atoms with Crippen LogP contribution in [0, 0.1) is 17.8 Å². The second kappa shape index (κ2) is 6.71. The van der Waals surface area contributed by atoms with Gasteiger partial charge in [-0.15, -0.1) is 0 Å². The molecule has 2 aliphatic rings. The van der Waals surface area contributed by atoms with E-state index < -0.39 is 0 Å². The fraction of sp³-hybridized carbons (Fsp3) is 0.933. The van der Waals surface area contributed by atoms with Crippen LogP contribution in [0.25, 0.3) is 0 Å². The largest absolute Gasteiger partial charge is 0.356 e. The monoisotopic (exact) mass is 267 g/mol. The summed E-state index contributed by atoms with van der Waals surface area (Å²) < 4.78 is 0. The maximum atomic E-state index is 12.3. The number of rotatable bonds is 3.